The first-order chi connectivity index (χ1) is 9.67. The van der Waals surface area contributed by atoms with Crippen molar-refractivity contribution in [3.63, 3.8) is 0 Å². The van der Waals surface area contributed by atoms with E-state index in [2.05, 4.69) is 9.72 Å². The first kappa shape index (κ1) is 14.0. The molecule has 0 saturated heterocycles. The fourth-order valence-electron chi connectivity index (χ4n) is 1.79. The van der Waals surface area contributed by atoms with E-state index >= 15 is 0 Å². The van der Waals surface area contributed by atoms with Crippen molar-refractivity contribution in [2.75, 3.05) is 13.7 Å². The van der Waals surface area contributed by atoms with E-state index in [4.69, 9.17) is 4.74 Å². The number of esters is 1. The Kier molecular flexibility index (Phi) is 4.30. The molecule has 0 N–H and O–H groups in total. The van der Waals surface area contributed by atoms with Crippen LogP contribution < -0.4 is 4.74 Å². The zero-order chi connectivity index (χ0) is 14.5. The monoisotopic (exact) mass is 275 g/mol. The van der Waals surface area contributed by atoms with Gasteiger partial charge in [0.25, 0.3) is 0 Å². The first-order valence-corrected chi connectivity index (χ1v) is 6.13. The molecular formula is C15H14FNO3. The molecule has 0 fully saturated rings. The second-order valence-corrected chi connectivity index (χ2v) is 3.97. The summed E-state index contributed by atoms with van der Waals surface area (Å²) < 4.78 is 24.1. The number of nitrogens with zero attached hydrogens (tertiary/aromatic N) is 1. The maximum absolute atomic E-state index is 14.2. The number of aromatic nitrogens is 1. The number of hydrogen-bond acceptors (Lipinski definition) is 4. The SMILES string of the molecule is CCOc1ccc(-c2nccc(C(=O)OC)c2F)cc1. The molecule has 0 aliphatic heterocycles. The average molecular weight is 275 g/mol. The Bertz CT molecular complexity index is 611. The van der Waals surface area contributed by atoms with Crippen molar-refractivity contribution in [1.29, 1.82) is 0 Å². The van der Waals surface area contributed by atoms with Gasteiger partial charge in [0.05, 0.1) is 19.3 Å². The van der Waals surface area contributed by atoms with Crippen molar-refractivity contribution >= 4 is 5.97 Å². The Labute approximate surface area is 116 Å². The summed E-state index contributed by atoms with van der Waals surface area (Å²) in [6, 6.07) is 8.13. The molecule has 2 aromatic rings. The normalized spacial score (nSPS) is 10.2. The molecule has 0 amide bonds. The highest BCUT2D eigenvalue weighted by Gasteiger charge is 2.17. The predicted molar refractivity (Wildman–Crippen MR) is 72.1 cm³/mol. The first-order valence-electron chi connectivity index (χ1n) is 6.13. The quantitative estimate of drug-likeness (QED) is 0.805. The van der Waals surface area contributed by atoms with Crippen molar-refractivity contribution in [3.8, 4) is 17.0 Å². The third-order valence-corrected chi connectivity index (χ3v) is 2.73. The van der Waals surface area contributed by atoms with Crippen LogP contribution in [0.5, 0.6) is 5.75 Å². The molecule has 0 bridgehead atoms. The van der Waals surface area contributed by atoms with Gasteiger partial charge < -0.3 is 9.47 Å². The number of halogens is 1. The van der Waals surface area contributed by atoms with Gasteiger partial charge in [-0.3, -0.25) is 4.98 Å². The number of hydrogen-bond donors (Lipinski definition) is 0. The zero-order valence-electron chi connectivity index (χ0n) is 11.2. The van der Waals surface area contributed by atoms with Gasteiger partial charge in [-0.25, -0.2) is 9.18 Å². The van der Waals surface area contributed by atoms with Crippen molar-refractivity contribution in [3.05, 3.63) is 47.9 Å². The highest BCUT2D eigenvalue weighted by atomic mass is 19.1. The molecule has 0 atom stereocenters. The number of ether oxygens (including phenoxy) is 2. The van der Waals surface area contributed by atoms with E-state index in [1.54, 1.807) is 24.3 Å². The van der Waals surface area contributed by atoms with Crippen LogP contribution in [0.25, 0.3) is 11.3 Å². The van der Waals surface area contributed by atoms with E-state index in [0.717, 1.165) is 0 Å². The van der Waals surface area contributed by atoms with Gasteiger partial charge in [-0.2, -0.15) is 0 Å². The zero-order valence-corrected chi connectivity index (χ0v) is 11.2. The second kappa shape index (κ2) is 6.14. The molecule has 1 heterocycles. The van der Waals surface area contributed by atoms with E-state index in [-0.39, 0.29) is 11.3 Å². The van der Waals surface area contributed by atoms with Crippen LogP contribution >= 0.6 is 0 Å². The van der Waals surface area contributed by atoms with Crippen molar-refractivity contribution in [2.24, 2.45) is 0 Å². The van der Waals surface area contributed by atoms with Crippen LogP contribution in [-0.4, -0.2) is 24.7 Å². The summed E-state index contributed by atoms with van der Waals surface area (Å²) in [5.41, 5.74) is 0.541. The Morgan fingerprint density at radius 3 is 2.55 bits per heavy atom. The number of rotatable bonds is 4. The Morgan fingerprint density at radius 1 is 1.25 bits per heavy atom. The summed E-state index contributed by atoms with van der Waals surface area (Å²) in [6.07, 6.45) is 1.38. The molecule has 0 radical (unpaired) electrons. The fraction of sp³-hybridized carbons (Fsp3) is 0.200. The predicted octanol–water partition coefficient (Wildman–Crippen LogP) is 3.07. The van der Waals surface area contributed by atoms with Crippen molar-refractivity contribution in [1.82, 2.24) is 4.98 Å². The molecule has 0 spiro atoms. The van der Waals surface area contributed by atoms with Gasteiger partial charge in [0.15, 0.2) is 5.82 Å². The Morgan fingerprint density at radius 2 is 1.95 bits per heavy atom. The standard InChI is InChI=1S/C15H14FNO3/c1-3-20-11-6-4-10(5-7-11)14-13(16)12(8-9-17-14)15(18)19-2/h4-9H,3H2,1-2H3. The van der Waals surface area contributed by atoms with Crippen molar-refractivity contribution < 1.29 is 18.7 Å². The Hall–Kier alpha value is -2.43. The third-order valence-electron chi connectivity index (χ3n) is 2.73. The summed E-state index contributed by atoms with van der Waals surface area (Å²) in [7, 11) is 1.21. The summed E-state index contributed by atoms with van der Waals surface area (Å²) in [4.78, 5) is 15.4. The van der Waals surface area contributed by atoms with Crippen LogP contribution in [0.4, 0.5) is 4.39 Å². The third kappa shape index (κ3) is 2.77. The lowest BCUT2D eigenvalue weighted by atomic mass is 10.1. The lowest BCUT2D eigenvalue weighted by Crippen LogP contribution is -2.06. The highest BCUT2D eigenvalue weighted by molar-refractivity contribution is 5.90. The Balaban J connectivity index is 2.40. The summed E-state index contributed by atoms with van der Waals surface area (Å²) >= 11 is 0. The summed E-state index contributed by atoms with van der Waals surface area (Å²) in [6.45, 7) is 2.44. The lowest BCUT2D eigenvalue weighted by molar-refractivity contribution is 0.0595. The van der Waals surface area contributed by atoms with Gasteiger partial charge in [-0.1, -0.05) is 0 Å². The van der Waals surface area contributed by atoms with Gasteiger partial charge >= 0.3 is 5.97 Å². The van der Waals surface area contributed by atoms with E-state index in [1.807, 2.05) is 6.92 Å². The molecule has 5 heteroatoms. The van der Waals surface area contributed by atoms with Crippen LogP contribution in [0.15, 0.2) is 36.5 Å². The molecule has 20 heavy (non-hydrogen) atoms. The minimum atomic E-state index is -0.725. The van der Waals surface area contributed by atoms with Crippen LogP contribution in [0.2, 0.25) is 0 Å². The van der Waals surface area contributed by atoms with Crippen LogP contribution in [0.1, 0.15) is 17.3 Å². The van der Waals surface area contributed by atoms with Gasteiger partial charge in [0.1, 0.15) is 11.4 Å². The molecule has 104 valence electrons. The maximum Gasteiger partial charge on any atom is 0.340 e. The highest BCUT2D eigenvalue weighted by Crippen LogP contribution is 2.25. The fourth-order valence-corrected chi connectivity index (χ4v) is 1.79. The molecule has 2 rings (SSSR count). The molecular weight excluding hydrogens is 261 g/mol. The average Bonchev–Trinajstić information content (AvgIpc) is 2.48. The van der Waals surface area contributed by atoms with E-state index in [1.165, 1.54) is 19.4 Å². The van der Waals surface area contributed by atoms with Crippen molar-refractivity contribution in [2.45, 2.75) is 6.92 Å². The number of benzene rings is 1. The van der Waals surface area contributed by atoms with Gasteiger partial charge in [0, 0.05) is 11.8 Å². The molecule has 4 nitrogen and oxygen atoms in total. The lowest BCUT2D eigenvalue weighted by Gasteiger charge is -2.07. The number of pyridine rings is 1. The second-order valence-electron chi connectivity index (χ2n) is 3.97. The van der Waals surface area contributed by atoms with Crippen LogP contribution in [-0.2, 0) is 4.74 Å². The largest absolute Gasteiger partial charge is 0.494 e. The number of methoxy groups -OCH3 is 1. The van der Waals surface area contributed by atoms with Crippen LogP contribution in [0.3, 0.4) is 0 Å². The number of carbonyl (C=O) groups excluding carboxylic acids is 1. The molecule has 1 aromatic heterocycles. The molecule has 0 unspecified atom stereocenters. The van der Waals surface area contributed by atoms with Gasteiger partial charge in [-0.15, -0.1) is 0 Å². The molecule has 0 aliphatic carbocycles. The molecule has 0 aliphatic rings. The molecule has 1 aromatic carbocycles. The smallest absolute Gasteiger partial charge is 0.340 e. The van der Waals surface area contributed by atoms with E-state index in [0.29, 0.717) is 17.9 Å². The molecule has 0 saturated carbocycles. The van der Waals surface area contributed by atoms with E-state index in [9.17, 15) is 9.18 Å². The van der Waals surface area contributed by atoms with E-state index < -0.39 is 11.8 Å². The van der Waals surface area contributed by atoms with Crippen LogP contribution in [0, 0.1) is 5.82 Å². The maximum atomic E-state index is 14.2. The van der Waals surface area contributed by atoms with Gasteiger partial charge in [0.2, 0.25) is 0 Å². The topological polar surface area (TPSA) is 48.4 Å². The number of carbonyl (C=O) groups is 1. The minimum absolute atomic E-state index is 0.107. The van der Waals surface area contributed by atoms with Gasteiger partial charge in [-0.05, 0) is 37.3 Å². The minimum Gasteiger partial charge on any atom is -0.494 e. The summed E-state index contributed by atoms with van der Waals surface area (Å²) in [5.74, 6) is -0.721. The summed E-state index contributed by atoms with van der Waals surface area (Å²) in [5, 5.41) is 0.